The van der Waals surface area contributed by atoms with E-state index in [0.717, 1.165) is 3.57 Å². The Morgan fingerprint density at radius 3 is 2.43 bits per heavy atom. The van der Waals surface area contributed by atoms with Gasteiger partial charge in [-0.25, -0.2) is 0 Å². The maximum absolute atomic E-state index is 12.1. The smallest absolute Gasteiger partial charge is 0.259 e. The molecule has 0 aliphatic carbocycles. The van der Waals surface area contributed by atoms with Crippen molar-refractivity contribution in [1.29, 1.82) is 0 Å². The first-order valence-corrected chi connectivity index (χ1v) is 8.03. The van der Waals surface area contributed by atoms with Gasteiger partial charge in [-0.05, 0) is 65.1 Å². The lowest BCUT2D eigenvalue weighted by molar-refractivity contribution is -0.130. The minimum absolute atomic E-state index is 0.0127. The van der Waals surface area contributed by atoms with E-state index in [2.05, 4.69) is 27.9 Å². The molecular formula is C17H17IN2O3. The van der Waals surface area contributed by atoms with Gasteiger partial charge in [0.2, 0.25) is 0 Å². The summed E-state index contributed by atoms with van der Waals surface area (Å²) in [5.41, 5.74) is 1.27. The van der Waals surface area contributed by atoms with Crippen molar-refractivity contribution in [3.63, 3.8) is 0 Å². The first-order chi connectivity index (χ1) is 11.0. The molecule has 23 heavy (non-hydrogen) atoms. The summed E-state index contributed by atoms with van der Waals surface area (Å²) in [4.78, 5) is 25.1. The van der Waals surface area contributed by atoms with E-state index in [4.69, 9.17) is 4.74 Å². The highest BCUT2D eigenvalue weighted by molar-refractivity contribution is 14.1. The van der Waals surface area contributed by atoms with Gasteiger partial charge in [0.25, 0.3) is 11.8 Å². The van der Waals surface area contributed by atoms with Crippen LogP contribution < -0.4 is 10.1 Å². The van der Waals surface area contributed by atoms with Gasteiger partial charge in [0.1, 0.15) is 5.75 Å². The van der Waals surface area contributed by atoms with E-state index >= 15 is 0 Å². The number of nitrogens with one attached hydrogen (secondary N) is 1. The van der Waals surface area contributed by atoms with Crippen LogP contribution >= 0.6 is 22.6 Å². The van der Waals surface area contributed by atoms with Crippen LogP contribution in [0.1, 0.15) is 10.4 Å². The van der Waals surface area contributed by atoms with Crippen LogP contribution in [-0.2, 0) is 4.79 Å². The van der Waals surface area contributed by atoms with Crippen molar-refractivity contribution < 1.29 is 14.3 Å². The fourth-order valence-electron chi connectivity index (χ4n) is 1.74. The Morgan fingerprint density at radius 2 is 1.83 bits per heavy atom. The number of halogens is 1. The van der Waals surface area contributed by atoms with Crippen LogP contribution in [0.2, 0.25) is 0 Å². The Bertz CT molecular complexity index is 699. The SMILES string of the molecule is CN(C)C(=O)COc1ccc(NC(=O)c2cccc(I)c2)cc1. The second-order valence-electron chi connectivity index (χ2n) is 5.07. The molecule has 0 aliphatic heterocycles. The van der Waals surface area contributed by atoms with Crippen LogP contribution in [0.5, 0.6) is 5.75 Å². The van der Waals surface area contributed by atoms with E-state index < -0.39 is 0 Å². The third-order valence-electron chi connectivity index (χ3n) is 3.06. The topological polar surface area (TPSA) is 58.6 Å². The van der Waals surface area contributed by atoms with Gasteiger partial charge >= 0.3 is 0 Å². The fraction of sp³-hybridized carbons (Fsp3) is 0.176. The molecule has 2 aromatic rings. The predicted molar refractivity (Wildman–Crippen MR) is 97.7 cm³/mol. The van der Waals surface area contributed by atoms with Crippen LogP contribution in [-0.4, -0.2) is 37.4 Å². The average Bonchev–Trinajstić information content (AvgIpc) is 2.53. The number of rotatable bonds is 5. The van der Waals surface area contributed by atoms with Crippen LogP contribution in [0.15, 0.2) is 48.5 Å². The molecule has 0 unspecified atom stereocenters. The highest BCUT2D eigenvalue weighted by Crippen LogP contribution is 2.17. The molecule has 5 nitrogen and oxygen atoms in total. The van der Waals surface area contributed by atoms with Gasteiger partial charge in [0.15, 0.2) is 6.61 Å². The summed E-state index contributed by atoms with van der Waals surface area (Å²) in [6.45, 7) is -0.0127. The standard InChI is InChI=1S/C17H17IN2O3/c1-20(2)16(21)11-23-15-8-6-14(7-9-15)19-17(22)12-4-3-5-13(18)10-12/h3-10H,11H2,1-2H3,(H,19,22). The third kappa shape index (κ3) is 5.24. The summed E-state index contributed by atoms with van der Waals surface area (Å²) in [7, 11) is 3.35. The number of hydrogen-bond donors (Lipinski definition) is 1. The first kappa shape index (κ1) is 17.3. The maximum atomic E-state index is 12.1. The second kappa shape index (κ2) is 7.96. The van der Waals surface area contributed by atoms with Gasteiger partial charge < -0.3 is 15.0 Å². The van der Waals surface area contributed by atoms with Gasteiger partial charge in [0.05, 0.1) is 0 Å². The molecule has 1 N–H and O–H groups in total. The number of ether oxygens (including phenoxy) is 1. The van der Waals surface area contributed by atoms with Gasteiger partial charge in [-0.15, -0.1) is 0 Å². The van der Waals surface area contributed by atoms with Crippen molar-refractivity contribution >= 4 is 40.1 Å². The van der Waals surface area contributed by atoms with Crippen molar-refractivity contribution in [2.75, 3.05) is 26.0 Å². The lowest BCUT2D eigenvalue weighted by Crippen LogP contribution is -2.27. The lowest BCUT2D eigenvalue weighted by atomic mass is 10.2. The number of hydrogen-bond acceptors (Lipinski definition) is 3. The molecule has 0 radical (unpaired) electrons. The van der Waals surface area contributed by atoms with Crippen LogP contribution in [0.3, 0.4) is 0 Å². The minimum Gasteiger partial charge on any atom is -0.484 e. The zero-order valence-electron chi connectivity index (χ0n) is 12.9. The summed E-state index contributed by atoms with van der Waals surface area (Å²) in [6.07, 6.45) is 0. The second-order valence-corrected chi connectivity index (χ2v) is 6.31. The number of carbonyl (C=O) groups excluding carboxylic acids is 2. The summed E-state index contributed by atoms with van der Waals surface area (Å²) in [5, 5.41) is 2.82. The van der Waals surface area contributed by atoms with E-state index in [1.165, 1.54) is 4.90 Å². The molecular weight excluding hydrogens is 407 g/mol. The Hall–Kier alpha value is -2.09. The Labute approximate surface area is 148 Å². The summed E-state index contributed by atoms with van der Waals surface area (Å²) < 4.78 is 6.39. The normalized spacial score (nSPS) is 10.0. The molecule has 2 aromatic carbocycles. The minimum atomic E-state index is -0.167. The zero-order chi connectivity index (χ0) is 16.8. The fourth-order valence-corrected chi connectivity index (χ4v) is 2.28. The third-order valence-corrected chi connectivity index (χ3v) is 3.73. The number of carbonyl (C=O) groups is 2. The number of likely N-dealkylation sites (N-methyl/N-ethyl adjacent to an activating group) is 1. The van der Waals surface area contributed by atoms with Crippen molar-refractivity contribution in [2.45, 2.75) is 0 Å². The quantitative estimate of drug-likeness (QED) is 0.751. The number of anilines is 1. The molecule has 0 aromatic heterocycles. The molecule has 0 aliphatic rings. The Morgan fingerprint density at radius 1 is 1.13 bits per heavy atom. The molecule has 2 rings (SSSR count). The molecule has 0 saturated carbocycles. The molecule has 2 amide bonds. The van der Waals surface area contributed by atoms with Crippen molar-refractivity contribution in [3.8, 4) is 5.75 Å². The van der Waals surface area contributed by atoms with Gasteiger partial charge in [-0.1, -0.05) is 6.07 Å². The molecule has 0 atom stereocenters. The predicted octanol–water partition coefficient (Wildman–Crippen LogP) is 3.01. The Kier molecular flexibility index (Phi) is 5.97. The van der Waals surface area contributed by atoms with Crippen LogP contribution in [0, 0.1) is 3.57 Å². The largest absolute Gasteiger partial charge is 0.484 e. The summed E-state index contributed by atoms with van der Waals surface area (Å²) in [6, 6.07) is 14.3. The molecule has 0 heterocycles. The molecule has 0 fully saturated rings. The van der Waals surface area contributed by atoms with Gasteiger partial charge in [0, 0.05) is 28.9 Å². The maximum Gasteiger partial charge on any atom is 0.259 e. The average molecular weight is 424 g/mol. The van der Waals surface area contributed by atoms with Crippen LogP contribution in [0.4, 0.5) is 5.69 Å². The lowest BCUT2D eigenvalue weighted by Gasteiger charge is -2.11. The van der Waals surface area contributed by atoms with E-state index in [9.17, 15) is 9.59 Å². The first-order valence-electron chi connectivity index (χ1n) is 6.95. The van der Waals surface area contributed by atoms with Gasteiger partial charge in [-0.3, -0.25) is 9.59 Å². The van der Waals surface area contributed by atoms with E-state index in [1.807, 2.05) is 18.2 Å². The molecule has 6 heteroatoms. The van der Waals surface area contributed by atoms with Crippen LogP contribution in [0.25, 0.3) is 0 Å². The molecule has 0 bridgehead atoms. The van der Waals surface area contributed by atoms with E-state index in [-0.39, 0.29) is 18.4 Å². The Balaban J connectivity index is 1.94. The van der Waals surface area contributed by atoms with Crippen molar-refractivity contribution in [3.05, 3.63) is 57.7 Å². The monoisotopic (exact) mass is 424 g/mol. The number of amides is 2. The highest BCUT2D eigenvalue weighted by Gasteiger charge is 2.07. The van der Waals surface area contributed by atoms with E-state index in [1.54, 1.807) is 44.4 Å². The number of benzene rings is 2. The van der Waals surface area contributed by atoms with Gasteiger partial charge in [-0.2, -0.15) is 0 Å². The van der Waals surface area contributed by atoms with E-state index in [0.29, 0.717) is 17.0 Å². The molecule has 0 spiro atoms. The molecule has 120 valence electrons. The highest BCUT2D eigenvalue weighted by atomic mass is 127. The summed E-state index contributed by atoms with van der Waals surface area (Å²) >= 11 is 2.17. The zero-order valence-corrected chi connectivity index (χ0v) is 15.0. The summed E-state index contributed by atoms with van der Waals surface area (Å²) in [5.74, 6) is 0.300. The number of nitrogens with zero attached hydrogens (tertiary/aromatic N) is 1. The molecule has 0 saturated heterocycles. The van der Waals surface area contributed by atoms with Crippen molar-refractivity contribution in [2.24, 2.45) is 0 Å². The van der Waals surface area contributed by atoms with Crippen molar-refractivity contribution in [1.82, 2.24) is 4.90 Å².